The minimum atomic E-state index is 0.515. The zero-order valence-corrected chi connectivity index (χ0v) is 11.1. The summed E-state index contributed by atoms with van der Waals surface area (Å²) in [7, 11) is 1.69. The van der Waals surface area contributed by atoms with Crippen LogP contribution in [-0.4, -0.2) is 31.2 Å². The van der Waals surface area contributed by atoms with E-state index < -0.39 is 0 Å². The standard InChI is InChI=1S/C15H19N3O/c1-19-13-2-3-14-11(10-13)4-9-17-15(14)18-12-5-7-16-8-6-12/h2-4,9-10,12,16H,5-8H2,1H3,(H,17,18). The summed E-state index contributed by atoms with van der Waals surface area (Å²) in [6.07, 6.45) is 4.15. The number of aromatic nitrogens is 1. The maximum Gasteiger partial charge on any atom is 0.134 e. The van der Waals surface area contributed by atoms with E-state index in [2.05, 4.69) is 21.7 Å². The molecule has 1 aliphatic rings. The number of hydrogen-bond donors (Lipinski definition) is 2. The number of nitrogens with one attached hydrogen (secondary N) is 2. The summed E-state index contributed by atoms with van der Waals surface area (Å²) in [4.78, 5) is 4.48. The average Bonchev–Trinajstić information content (AvgIpc) is 2.48. The Hall–Kier alpha value is -1.81. The zero-order chi connectivity index (χ0) is 13.1. The third kappa shape index (κ3) is 2.63. The van der Waals surface area contributed by atoms with E-state index in [9.17, 15) is 0 Å². The molecule has 0 bridgehead atoms. The van der Waals surface area contributed by atoms with Gasteiger partial charge in [0.1, 0.15) is 11.6 Å². The highest BCUT2D eigenvalue weighted by Gasteiger charge is 2.14. The molecule has 1 saturated heterocycles. The molecule has 2 N–H and O–H groups in total. The van der Waals surface area contributed by atoms with Gasteiger partial charge >= 0.3 is 0 Å². The largest absolute Gasteiger partial charge is 0.497 e. The van der Waals surface area contributed by atoms with Crippen molar-refractivity contribution in [2.75, 3.05) is 25.5 Å². The van der Waals surface area contributed by atoms with Crippen molar-refractivity contribution in [3.05, 3.63) is 30.5 Å². The van der Waals surface area contributed by atoms with Crippen molar-refractivity contribution in [3.8, 4) is 5.75 Å². The lowest BCUT2D eigenvalue weighted by Gasteiger charge is -2.24. The molecule has 0 atom stereocenters. The van der Waals surface area contributed by atoms with Gasteiger partial charge in [-0.15, -0.1) is 0 Å². The van der Waals surface area contributed by atoms with Crippen LogP contribution in [0.3, 0.4) is 0 Å². The first-order valence-electron chi connectivity index (χ1n) is 6.77. The fourth-order valence-electron chi connectivity index (χ4n) is 2.56. The van der Waals surface area contributed by atoms with Crippen LogP contribution in [0.25, 0.3) is 10.8 Å². The van der Waals surface area contributed by atoms with E-state index in [1.165, 1.54) is 0 Å². The number of anilines is 1. The van der Waals surface area contributed by atoms with Crippen molar-refractivity contribution >= 4 is 16.6 Å². The Labute approximate surface area is 113 Å². The monoisotopic (exact) mass is 257 g/mol. The molecule has 4 nitrogen and oxygen atoms in total. The minimum absolute atomic E-state index is 0.515. The van der Waals surface area contributed by atoms with Gasteiger partial charge in [-0.2, -0.15) is 0 Å². The Morgan fingerprint density at radius 2 is 2.11 bits per heavy atom. The number of ether oxygens (including phenoxy) is 1. The molecule has 0 radical (unpaired) electrons. The van der Waals surface area contributed by atoms with Crippen LogP contribution in [0.5, 0.6) is 5.75 Å². The highest BCUT2D eigenvalue weighted by Crippen LogP contribution is 2.26. The van der Waals surface area contributed by atoms with E-state index in [1.54, 1.807) is 7.11 Å². The summed E-state index contributed by atoms with van der Waals surface area (Å²) in [5.41, 5.74) is 0. The van der Waals surface area contributed by atoms with Gasteiger partial charge in [0.15, 0.2) is 0 Å². The van der Waals surface area contributed by atoms with E-state index in [0.29, 0.717) is 6.04 Å². The smallest absolute Gasteiger partial charge is 0.134 e. The van der Waals surface area contributed by atoms with Crippen molar-refractivity contribution < 1.29 is 4.74 Å². The predicted molar refractivity (Wildman–Crippen MR) is 77.8 cm³/mol. The summed E-state index contributed by atoms with van der Waals surface area (Å²) >= 11 is 0. The number of fused-ring (bicyclic) bond motifs is 1. The Morgan fingerprint density at radius 3 is 2.89 bits per heavy atom. The summed E-state index contributed by atoms with van der Waals surface area (Å²) in [6.45, 7) is 2.16. The van der Waals surface area contributed by atoms with Crippen LogP contribution < -0.4 is 15.4 Å². The van der Waals surface area contributed by atoms with Crippen molar-refractivity contribution in [2.45, 2.75) is 18.9 Å². The fraction of sp³-hybridized carbons (Fsp3) is 0.400. The normalized spacial score (nSPS) is 16.5. The summed E-state index contributed by atoms with van der Waals surface area (Å²) < 4.78 is 5.26. The maximum atomic E-state index is 5.26. The SMILES string of the molecule is COc1ccc2c(NC3CCNCC3)nccc2c1. The van der Waals surface area contributed by atoms with Gasteiger partial charge in [0.25, 0.3) is 0 Å². The summed E-state index contributed by atoms with van der Waals surface area (Å²) in [5, 5.41) is 9.26. The third-order valence-corrected chi connectivity index (χ3v) is 3.65. The number of benzene rings is 1. The van der Waals surface area contributed by atoms with Crippen LogP contribution >= 0.6 is 0 Å². The highest BCUT2D eigenvalue weighted by atomic mass is 16.5. The highest BCUT2D eigenvalue weighted by molar-refractivity contribution is 5.92. The molecular formula is C15H19N3O. The van der Waals surface area contributed by atoms with E-state index in [0.717, 1.165) is 48.3 Å². The van der Waals surface area contributed by atoms with Crippen LogP contribution in [0.2, 0.25) is 0 Å². The molecule has 0 amide bonds. The molecule has 1 aromatic heterocycles. The van der Waals surface area contributed by atoms with Crippen LogP contribution in [0.15, 0.2) is 30.5 Å². The molecule has 1 fully saturated rings. The Morgan fingerprint density at radius 1 is 1.26 bits per heavy atom. The molecule has 2 aromatic rings. The van der Waals surface area contributed by atoms with Crippen molar-refractivity contribution in [3.63, 3.8) is 0 Å². The van der Waals surface area contributed by atoms with Crippen molar-refractivity contribution in [1.29, 1.82) is 0 Å². The molecule has 2 heterocycles. The molecule has 0 aliphatic carbocycles. The van der Waals surface area contributed by atoms with Gasteiger partial charge in [0, 0.05) is 17.6 Å². The molecule has 100 valence electrons. The average molecular weight is 257 g/mol. The first kappa shape index (κ1) is 12.2. The van der Waals surface area contributed by atoms with Crippen molar-refractivity contribution in [2.24, 2.45) is 0 Å². The first-order valence-corrected chi connectivity index (χ1v) is 6.77. The molecule has 4 heteroatoms. The molecule has 1 aromatic carbocycles. The molecule has 0 unspecified atom stereocenters. The second-order valence-electron chi connectivity index (χ2n) is 4.92. The lowest BCUT2D eigenvalue weighted by molar-refractivity contribution is 0.415. The quantitative estimate of drug-likeness (QED) is 0.886. The topological polar surface area (TPSA) is 46.2 Å². The van der Waals surface area contributed by atoms with Crippen LogP contribution in [0.4, 0.5) is 5.82 Å². The second kappa shape index (κ2) is 5.45. The predicted octanol–water partition coefficient (Wildman–Crippen LogP) is 2.41. The fourth-order valence-corrected chi connectivity index (χ4v) is 2.56. The summed E-state index contributed by atoms with van der Waals surface area (Å²) in [5.74, 6) is 1.86. The molecular weight excluding hydrogens is 238 g/mol. The van der Waals surface area contributed by atoms with Crippen LogP contribution in [0.1, 0.15) is 12.8 Å². The van der Waals surface area contributed by atoms with Crippen LogP contribution in [-0.2, 0) is 0 Å². The summed E-state index contributed by atoms with van der Waals surface area (Å²) in [6, 6.07) is 8.64. The van der Waals surface area contributed by atoms with E-state index in [4.69, 9.17) is 4.74 Å². The minimum Gasteiger partial charge on any atom is -0.497 e. The third-order valence-electron chi connectivity index (χ3n) is 3.65. The number of nitrogens with zero attached hydrogens (tertiary/aromatic N) is 1. The lowest BCUT2D eigenvalue weighted by Crippen LogP contribution is -2.35. The Bertz CT molecular complexity index is 564. The molecule has 0 saturated carbocycles. The Balaban J connectivity index is 1.90. The van der Waals surface area contributed by atoms with Crippen LogP contribution in [0, 0.1) is 0 Å². The number of hydrogen-bond acceptors (Lipinski definition) is 4. The molecule has 0 spiro atoms. The van der Waals surface area contributed by atoms with E-state index in [-0.39, 0.29) is 0 Å². The number of pyridine rings is 1. The van der Waals surface area contributed by atoms with E-state index >= 15 is 0 Å². The second-order valence-corrected chi connectivity index (χ2v) is 4.92. The molecule has 3 rings (SSSR count). The van der Waals surface area contributed by atoms with E-state index in [1.807, 2.05) is 24.4 Å². The van der Waals surface area contributed by atoms with Gasteiger partial charge in [-0.3, -0.25) is 0 Å². The lowest BCUT2D eigenvalue weighted by atomic mass is 10.1. The maximum absolute atomic E-state index is 5.26. The van der Waals surface area contributed by atoms with Gasteiger partial charge in [0.05, 0.1) is 7.11 Å². The van der Waals surface area contributed by atoms with Gasteiger partial charge < -0.3 is 15.4 Å². The number of methoxy groups -OCH3 is 1. The van der Waals surface area contributed by atoms with Crippen molar-refractivity contribution in [1.82, 2.24) is 10.3 Å². The number of piperidine rings is 1. The van der Waals surface area contributed by atoms with Gasteiger partial charge in [-0.25, -0.2) is 4.98 Å². The van der Waals surface area contributed by atoms with Gasteiger partial charge in [-0.1, -0.05) is 0 Å². The molecule has 1 aliphatic heterocycles. The number of rotatable bonds is 3. The zero-order valence-electron chi connectivity index (χ0n) is 11.1. The van der Waals surface area contributed by atoms with Gasteiger partial charge in [0.2, 0.25) is 0 Å². The van der Waals surface area contributed by atoms with Gasteiger partial charge in [-0.05, 0) is 55.6 Å². The molecule has 19 heavy (non-hydrogen) atoms. The Kier molecular flexibility index (Phi) is 3.51. The first-order chi connectivity index (χ1) is 9.36.